The fourth-order valence-electron chi connectivity index (χ4n) is 3.27. The second-order valence-electron chi connectivity index (χ2n) is 6.85. The van der Waals surface area contributed by atoms with E-state index >= 15 is 0 Å². The second kappa shape index (κ2) is 8.63. The summed E-state index contributed by atoms with van der Waals surface area (Å²) in [7, 11) is 0. The molecule has 0 spiro atoms. The molecule has 0 saturated heterocycles. The molecule has 3 aromatic rings. The van der Waals surface area contributed by atoms with E-state index in [-0.39, 0.29) is 38.9 Å². The van der Waals surface area contributed by atoms with Gasteiger partial charge in [0.1, 0.15) is 0 Å². The number of carbonyl (C=O) groups is 5. The fraction of sp³-hybridized carbons (Fsp3) is 0. The number of rotatable bonds is 7. The Balaban J connectivity index is 2.32. The topological polar surface area (TPSA) is 186 Å². The van der Waals surface area contributed by atoms with Gasteiger partial charge in [-0.1, -0.05) is 12.1 Å². The largest absolute Gasteiger partial charge is 0.478 e. The maximum atomic E-state index is 11.7. The Bertz CT molecular complexity index is 1260. The van der Waals surface area contributed by atoms with Crippen molar-refractivity contribution >= 4 is 29.8 Å². The molecule has 0 aromatic heterocycles. The molecule has 33 heavy (non-hydrogen) atoms. The van der Waals surface area contributed by atoms with Crippen molar-refractivity contribution in [1.29, 1.82) is 0 Å². The van der Waals surface area contributed by atoms with Crippen LogP contribution in [0.4, 0.5) is 0 Å². The molecule has 0 amide bonds. The van der Waals surface area contributed by atoms with Gasteiger partial charge in [-0.15, -0.1) is 0 Å². The zero-order chi connectivity index (χ0) is 24.4. The molecule has 0 aliphatic heterocycles. The molecule has 0 aliphatic carbocycles. The average Bonchev–Trinajstić information content (AvgIpc) is 2.77. The zero-order valence-electron chi connectivity index (χ0n) is 16.5. The monoisotopic (exact) mass is 450 g/mol. The molecular formula is C23H14O10. The smallest absolute Gasteiger partial charge is 0.336 e. The molecule has 10 nitrogen and oxygen atoms in total. The van der Waals surface area contributed by atoms with Gasteiger partial charge in [0.15, 0.2) is 0 Å². The van der Waals surface area contributed by atoms with Crippen LogP contribution < -0.4 is 0 Å². The molecule has 3 aromatic carbocycles. The summed E-state index contributed by atoms with van der Waals surface area (Å²) in [6.07, 6.45) is 0. The van der Waals surface area contributed by atoms with Crippen LogP contribution in [0.2, 0.25) is 0 Å². The van der Waals surface area contributed by atoms with Gasteiger partial charge in [-0.2, -0.15) is 0 Å². The molecule has 0 heterocycles. The molecule has 10 heteroatoms. The van der Waals surface area contributed by atoms with Gasteiger partial charge in [0.25, 0.3) is 0 Å². The van der Waals surface area contributed by atoms with Crippen molar-refractivity contribution in [3.63, 3.8) is 0 Å². The summed E-state index contributed by atoms with van der Waals surface area (Å²) in [5, 5.41) is 46.9. The maximum Gasteiger partial charge on any atom is 0.336 e. The van der Waals surface area contributed by atoms with E-state index in [1.807, 2.05) is 0 Å². The minimum atomic E-state index is -1.45. The van der Waals surface area contributed by atoms with Crippen molar-refractivity contribution in [2.45, 2.75) is 0 Å². The van der Waals surface area contributed by atoms with Gasteiger partial charge < -0.3 is 25.5 Å². The lowest BCUT2D eigenvalue weighted by Crippen LogP contribution is -2.06. The van der Waals surface area contributed by atoms with Crippen LogP contribution in [0, 0.1) is 0 Å². The van der Waals surface area contributed by atoms with Crippen LogP contribution in [-0.4, -0.2) is 55.4 Å². The Morgan fingerprint density at radius 1 is 0.424 bits per heavy atom. The molecule has 0 atom stereocenters. The summed E-state index contributed by atoms with van der Waals surface area (Å²) in [4.78, 5) is 57.6. The molecule has 5 N–H and O–H groups in total. The maximum absolute atomic E-state index is 11.7. The quantitative estimate of drug-likeness (QED) is 0.356. The Labute approximate surface area is 184 Å². The number of carboxylic acids is 5. The number of hydrogen-bond donors (Lipinski definition) is 5. The van der Waals surface area contributed by atoms with Crippen molar-refractivity contribution in [2.75, 3.05) is 0 Å². The standard InChI is InChI=1S/C23H14O10/c24-19(25)10-1-3-15(17(8-10)22(30)31)12-5-13(7-14(6-12)21(28)29)16-4-2-11(20(26)27)9-18(16)23(32)33/h1-9H,(H,24,25)(H,26,27)(H,28,29)(H,30,31)(H,32,33). The summed E-state index contributed by atoms with van der Waals surface area (Å²) < 4.78 is 0. The predicted molar refractivity (Wildman–Crippen MR) is 112 cm³/mol. The van der Waals surface area contributed by atoms with Gasteiger partial charge in [-0.05, 0) is 64.7 Å². The highest BCUT2D eigenvalue weighted by atomic mass is 16.4. The van der Waals surface area contributed by atoms with E-state index in [0.29, 0.717) is 0 Å². The Morgan fingerprint density at radius 3 is 1.09 bits per heavy atom. The first-order valence-corrected chi connectivity index (χ1v) is 9.10. The summed E-state index contributed by atoms with van der Waals surface area (Å²) in [6, 6.07) is 10.3. The second-order valence-corrected chi connectivity index (χ2v) is 6.85. The number of aromatic carboxylic acids is 5. The fourth-order valence-corrected chi connectivity index (χ4v) is 3.27. The lowest BCUT2D eigenvalue weighted by Gasteiger charge is -2.13. The van der Waals surface area contributed by atoms with Crippen LogP contribution in [0.1, 0.15) is 51.8 Å². The molecule has 0 saturated carbocycles. The first kappa shape index (κ1) is 22.7. The molecular weight excluding hydrogens is 436 g/mol. The van der Waals surface area contributed by atoms with E-state index in [4.69, 9.17) is 10.2 Å². The molecule has 0 bridgehead atoms. The third kappa shape index (κ3) is 4.54. The molecule has 0 radical (unpaired) electrons. The van der Waals surface area contributed by atoms with E-state index in [9.17, 15) is 39.3 Å². The minimum absolute atomic E-state index is 0.0101. The average molecular weight is 450 g/mol. The van der Waals surface area contributed by atoms with Crippen molar-refractivity contribution in [3.8, 4) is 22.3 Å². The van der Waals surface area contributed by atoms with Crippen LogP contribution in [0.15, 0.2) is 54.6 Å². The lowest BCUT2D eigenvalue weighted by atomic mass is 9.90. The molecule has 0 unspecified atom stereocenters. The molecule has 166 valence electrons. The van der Waals surface area contributed by atoms with Crippen molar-refractivity contribution < 1.29 is 49.5 Å². The summed E-state index contributed by atoms with van der Waals surface area (Å²) in [6.45, 7) is 0. The highest BCUT2D eigenvalue weighted by Crippen LogP contribution is 2.33. The SMILES string of the molecule is O=C(O)c1cc(-c2ccc(C(=O)O)cc2C(=O)O)cc(-c2ccc(C(=O)O)cc2C(=O)O)c1. The number of carboxylic acid groups (broad SMARTS) is 5. The highest BCUT2D eigenvalue weighted by molar-refractivity contribution is 6.03. The third-order valence-corrected chi connectivity index (χ3v) is 4.80. The third-order valence-electron chi connectivity index (χ3n) is 4.80. The van der Waals surface area contributed by atoms with E-state index < -0.39 is 41.0 Å². The Morgan fingerprint density at radius 2 is 0.788 bits per heavy atom. The van der Waals surface area contributed by atoms with E-state index in [1.165, 1.54) is 30.3 Å². The van der Waals surface area contributed by atoms with Crippen LogP contribution in [0.3, 0.4) is 0 Å². The van der Waals surface area contributed by atoms with Crippen molar-refractivity contribution in [3.05, 3.63) is 82.4 Å². The highest BCUT2D eigenvalue weighted by Gasteiger charge is 2.20. The molecule has 3 rings (SSSR count). The predicted octanol–water partition coefficient (Wildman–Crippen LogP) is 3.51. The van der Waals surface area contributed by atoms with Crippen LogP contribution in [0.25, 0.3) is 22.3 Å². The Hall–Kier alpha value is -4.99. The van der Waals surface area contributed by atoms with E-state index in [1.54, 1.807) is 0 Å². The first-order valence-electron chi connectivity index (χ1n) is 9.10. The van der Waals surface area contributed by atoms with Crippen molar-refractivity contribution in [2.24, 2.45) is 0 Å². The van der Waals surface area contributed by atoms with Crippen molar-refractivity contribution in [1.82, 2.24) is 0 Å². The zero-order valence-corrected chi connectivity index (χ0v) is 16.5. The summed E-state index contributed by atoms with van der Waals surface area (Å²) in [5.41, 5.74) is -1.49. The van der Waals surface area contributed by atoms with E-state index in [2.05, 4.69) is 0 Å². The van der Waals surface area contributed by atoms with Gasteiger partial charge in [0, 0.05) is 0 Å². The number of hydrogen-bond acceptors (Lipinski definition) is 5. The number of benzene rings is 3. The van der Waals surface area contributed by atoms with Crippen LogP contribution in [-0.2, 0) is 0 Å². The van der Waals surface area contributed by atoms with Gasteiger partial charge in [-0.3, -0.25) is 0 Å². The molecule has 0 aliphatic rings. The van der Waals surface area contributed by atoms with Gasteiger partial charge in [-0.25, -0.2) is 24.0 Å². The van der Waals surface area contributed by atoms with Crippen LogP contribution in [0.5, 0.6) is 0 Å². The van der Waals surface area contributed by atoms with Gasteiger partial charge in [0.2, 0.25) is 0 Å². The Kier molecular flexibility index (Phi) is 5.93. The van der Waals surface area contributed by atoms with Crippen LogP contribution >= 0.6 is 0 Å². The van der Waals surface area contributed by atoms with Gasteiger partial charge in [0.05, 0.1) is 27.8 Å². The molecule has 0 fully saturated rings. The van der Waals surface area contributed by atoms with Gasteiger partial charge >= 0.3 is 29.8 Å². The summed E-state index contributed by atoms with van der Waals surface area (Å²) in [5.74, 6) is -6.99. The summed E-state index contributed by atoms with van der Waals surface area (Å²) >= 11 is 0. The normalized spacial score (nSPS) is 10.4. The lowest BCUT2D eigenvalue weighted by molar-refractivity contribution is 0.0677. The first-order chi connectivity index (χ1) is 15.5. The van der Waals surface area contributed by atoms with E-state index in [0.717, 1.165) is 24.3 Å². The minimum Gasteiger partial charge on any atom is -0.478 e.